The zero-order chi connectivity index (χ0) is 10.7. The summed E-state index contributed by atoms with van der Waals surface area (Å²) in [6.45, 7) is 7.12. The van der Waals surface area contributed by atoms with E-state index in [1.165, 1.54) is 18.9 Å². The van der Waals surface area contributed by atoms with Crippen molar-refractivity contribution in [3.63, 3.8) is 0 Å². The van der Waals surface area contributed by atoms with E-state index in [0.717, 1.165) is 26.2 Å². The zero-order valence-electron chi connectivity index (χ0n) is 9.83. The lowest BCUT2D eigenvalue weighted by Gasteiger charge is -2.34. The summed E-state index contributed by atoms with van der Waals surface area (Å²) in [7, 11) is -1.30. The summed E-state index contributed by atoms with van der Waals surface area (Å²) in [5.74, 6) is 0. The Balaban J connectivity index is 1.57. The lowest BCUT2D eigenvalue weighted by atomic mass is 10.1. The smallest absolute Gasteiger partial charge is 0.187 e. The van der Waals surface area contributed by atoms with Crippen molar-refractivity contribution < 1.29 is 13.9 Å². The van der Waals surface area contributed by atoms with Crippen LogP contribution in [0.2, 0.25) is 19.1 Å². The maximum Gasteiger partial charge on any atom is 0.187 e. The van der Waals surface area contributed by atoms with Crippen LogP contribution in [0.5, 0.6) is 0 Å². The fraction of sp³-hybridized carbons (Fsp3) is 1.00. The molecule has 0 spiro atoms. The van der Waals surface area contributed by atoms with Crippen molar-refractivity contribution in [2.45, 2.75) is 50.6 Å². The number of hydrogen-bond acceptors (Lipinski definition) is 3. The fourth-order valence-electron chi connectivity index (χ4n) is 2.12. The van der Waals surface area contributed by atoms with Crippen LogP contribution in [0.15, 0.2) is 0 Å². The van der Waals surface area contributed by atoms with Gasteiger partial charge in [-0.3, -0.25) is 0 Å². The summed E-state index contributed by atoms with van der Waals surface area (Å²) < 4.78 is 16.7. The van der Waals surface area contributed by atoms with E-state index in [1.807, 2.05) is 0 Å². The van der Waals surface area contributed by atoms with E-state index in [-0.39, 0.29) is 0 Å². The lowest BCUT2D eigenvalue weighted by Crippen LogP contribution is -2.39. The molecule has 15 heavy (non-hydrogen) atoms. The van der Waals surface area contributed by atoms with Crippen molar-refractivity contribution in [1.82, 2.24) is 0 Å². The summed E-state index contributed by atoms with van der Waals surface area (Å²) in [6.07, 6.45) is 4.47. The number of epoxide rings is 1. The molecule has 2 aliphatic rings. The van der Waals surface area contributed by atoms with Crippen molar-refractivity contribution in [2.24, 2.45) is 0 Å². The minimum atomic E-state index is -1.30. The van der Waals surface area contributed by atoms with Gasteiger partial charge in [-0.05, 0) is 32.0 Å². The average Bonchev–Trinajstić information content (AvgIpc) is 2.94. The van der Waals surface area contributed by atoms with Gasteiger partial charge in [0.2, 0.25) is 0 Å². The minimum absolute atomic E-state index is 0.392. The molecule has 2 unspecified atom stereocenters. The van der Waals surface area contributed by atoms with Crippen LogP contribution in [0.3, 0.4) is 0 Å². The molecule has 0 aliphatic carbocycles. The van der Waals surface area contributed by atoms with Gasteiger partial charge in [0.05, 0.1) is 13.2 Å². The number of rotatable bonds is 5. The Morgan fingerprint density at radius 1 is 1.33 bits per heavy atom. The standard InChI is InChI=1S/C11H22O3Si/c1-15(2)7-3-4-10(14-15)5-6-12-8-11-9-13-11/h10-11H,3-9H2,1-2H3. The number of ether oxygens (including phenoxy) is 2. The van der Waals surface area contributed by atoms with E-state index >= 15 is 0 Å². The third-order valence-electron chi connectivity index (χ3n) is 3.08. The molecule has 0 radical (unpaired) electrons. The molecule has 4 heteroatoms. The molecule has 3 nitrogen and oxygen atoms in total. The molecule has 0 amide bonds. The van der Waals surface area contributed by atoms with Gasteiger partial charge in [-0.25, -0.2) is 0 Å². The molecule has 2 rings (SSSR count). The maximum atomic E-state index is 6.12. The maximum absolute atomic E-state index is 6.12. The van der Waals surface area contributed by atoms with Gasteiger partial charge in [-0.2, -0.15) is 0 Å². The molecule has 0 aromatic carbocycles. The zero-order valence-corrected chi connectivity index (χ0v) is 10.8. The normalized spacial score (nSPS) is 34.0. The highest BCUT2D eigenvalue weighted by Crippen LogP contribution is 2.27. The second-order valence-electron chi connectivity index (χ2n) is 5.21. The van der Waals surface area contributed by atoms with Crippen LogP contribution in [-0.2, 0) is 13.9 Å². The highest BCUT2D eigenvalue weighted by molar-refractivity contribution is 6.71. The summed E-state index contributed by atoms with van der Waals surface area (Å²) in [6, 6.07) is 1.32. The topological polar surface area (TPSA) is 31.0 Å². The molecular weight excluding hydrogens is 208 g/mol. The predicted octanol–water partition coefficient (Wildman–Crippen LogP) is 2.18. The Labute approximate surface area is 93.2 Å². The van der Waals surface area contributed by atoms with Crippen LogP contribution >= 0.6 is 0 Å². The Kier molecular flexibility index (Phi) is 3.82. The van der Waals surface area contributed by atoms with Crippen LogP contribution in [0.4, 0.5) is 0 Å². The molecule has 88 valence electrons. The van der Waals surface area contributed by atoms with Crippen LogP contribution in [0.1, 0.15) is 19.3 Å². The van der Waals surface area contributed by atoms with Crippen LogP contribution in [0.25, 0.3) is 0 Å². The summed E-state index contributed by atoms with van der Waals surface area (Å²) in [4.78, 5) is 0. The van der Waals surface area contributed by atoms with Crippen molar-refractivity contribution >= 4 is 8.32 Å². The molecule has 0 bridgehead atoms. The van der Waals surface area contributed by atoms with Gasteiger partial charge in [0.1, 0.15) is 6.10 Å². The van der Waals surface area contributed by atoms with Gasteiger partial charge in [-0.15, -0.1) is 0 Å². The molecule has 0 saturated carbocycles. The molecular formula is C11H22O3Si. The van der Waals surface area contributed by atoms with Crippen LogP contribution in [0, 0.1) is 0 Å². The molecule has 2 fully saturated rings. The van der Waals surface area contributed by atoms with Gasteiger partial charge in [0.25, 0.3) is 0 Å². The first-order valence-electron chi connectivity index (χ1n) is 6.03. The van der Waals surface area contributed by atoms with Crippen molar-refractivity contribution in [2.75, 3.05) is 19.8 Å². The molecule has 0 aromatic heterocycles. The van der Waals surface area contributed by atoms with Crippen LogP contribution < -0.4 is 0 Å². The van der Waals surface area contributed by atoms with E-state index in [1.54, 1.807) is 0 Å². The Morgan fingerprint density at radius 2 is 2.13 bits per heavy atom. The highest BCUT2D eigenvalue weighted by Gasteiger charge is 2.30. The van der Waals surface area contributed by atoms with E-state index < -0.39 is 8.32 Å². The Bertz CT molecular complexity index is 204. The highest BCUT2D eigenvalue weighted by atomic mass is 28.4. The molecule has 2 saturated heterocycles. The second kappa shape index (κ2) is 4.95. The SMILES string of the molecule is C[Si]1(C)CCCC(CCOCC2CO2)O1. The van der Waals surface area contributed by atoms with Gasteiger partial charge >= 0.3 is 0 Å². The van der Waals surface area contributed by atoms with E-state index in [9.17, 15) is 0 Å². The largest absolute Gasteiger partial charge is 0.414 e. The quantitative estimate of drug-likeness (QED) is 0.412. The third-order valence-corrected chi connectivity index (χ3v) is 5.61. The molecule has 2 aliphatic heterocycles. The second-order valence-corrected chi connectivity index (χ2v) is 9.47. The molecule has 0 aromatic rings. The molecule has 2 heterocycles. The van der Waals surface area contributed by atoms with Crippen molar-refractivity contribution in [3.8, 4) is 0 Å². The van der Waals surface area contributed by atoms with Crippen molar-refractivity contribution in [3.05, 3.63) is 0 Å². The first kappa shape index (κ1) is 11.6. The van der Waals surface area contributed by atoms with Gasteiger partial charge < -0.3 is 13.9 Å². The summed E-state index contributed by atoms with van der Waals surface area (Å²) >= 11 is 0. The Morgan fingerprint density at radius 3 is 2.80 bits per heavy atom. The van der Waals surface area contributed by atoms with Gasteiger partial charge in [0.15, 0.2) is 8.32 Å². The van der Waals surface area contributed by atoms with Gasteiger partial charge in [-0.1, -0.05) is 6.42 Å². The first-order valence-corrected chi connectivity index (χ1v) is 9.14. The summed E-state index contributed by atoms with van der Waals surface area (Å²) in [5.41, 5.74) is 0. The first-order chi connectivity index (χ1) is 7.16. The van der Waals surface area contributed by atoms with E-state index in [4.69, 9.17) is 13.9 Å². The van der Waals surface area contributed by atoms with E-state index in [2.05, 4.69) is 13.1 Å². The third kappa shape index (κ3) is 4.22. The lowest BCUT2D eigenvalue weighted by molar-refractivity contribution is 0.0707. The average molecular weight is 230 g/mol. The van der Waals surface area contributed by atoms with Gasteiger partial charge in [0, 0.05) is 12.7 Å². The molecule has 2 atom stereocenters. The molecule has 0 N–H and O–H groups in total. The fourth-order valence-corrected chi connectivity index (χ4v) is 4.43. The summed E-state index contributed by atoms with van der Waals surface area (Å²) in [5, 5.41) is 0. The Hall–Kier alpha value is 0.0969. The minimum Gasteiger partial charge on any atom is -0.414 e. The monoisotopic (exact) mass is 230 g/mol. The van der Waals surface area contributed by atoms with Crippen LogP contribution in [-0.4, -0.2) is 40.3 Å². The number of hydrogen-bond donors (Lipinski definition) is 0. The van der Waals surface area contributed by atoms with Crippen molar-refractivity contribution in [1.29, 1.82) is 0 Å². The van der Waals surface area contributed by atoms with E-state index in [0.29, 0.717) is 12.2 Å². The predicted molar refractivity (Wildman–Crippen MR) is 61.6 cm³/mol.